The summed E-state index contributed by atoms with van der Waals surface area (Å²) in [5.41, 5.74) is 0.379. The molecule has 2 amide bonds. The number of amides is 2. The summed E-state index contributed by atoms with van der Waals surface area (Å²) >= 11 is 1.26. The largest absolute Gasteiger partial charge is 0.350 e. The lowest BCUT2D eigenvalue weighted by atomic mass is 9.89. The molecule has 0 unspecified atom stereocenters. The molecule has 19 heavy (non-hydrogen) atoms. The number of hydrogen-bond acceptors (Lipinski definition) is 4. The molecule has 5 nitrogen and oxygen atoms in total. The van der Waals surface area contributed by atoms with Gasteiger partial charge in [-0.1, -0.05) is 19.3 Å². The topological polar surface area (TPSA) is 71.1 Å². The molecular formula is C13H19N3O2S. The Morgan fingerprint density at radius 2 is 2.11 bits per heavy atom. The molecule has 0 aliphatic heterocycles. The minimum atomic E-state index is -0.177. The smallest absolute Gasteiger partial charge is 0.270 e. The van der Waals surface area contributed by atoms with Crippen molar-refractivity contribution in [2.45, 2.75) is 39.0 Å². The van der Waals surface area contributed by atoms with Gasteiger partial charge in [-0.25, -0.2) is 4.98 Å². The van der Waals surface area contributed by atoms with Crippen molar-refractivity contribution >= 4 is 28.3 Å². The van der Waals surface area contributed by atoms with E-state index >= 15 is 0 Å². The van der Waals surface area contributed by atoms with Crippen LogP contribution in [0.4, 0.5) is 5.13 Å². The van der Waals surface area contributed by atoms with E-state index in [0.29, 0.717) is 16.7 Å². The zero-order chi connectivity index (χ0) is 13.7. The average molecular weight is 281 g/mol. The highest BCUT2D eigenvalue weighted by Crippen LogP contribution is 2.23. The van der Waals surface area contributed by atoms with E-state index in [-0.39, 0.29) is 11.8 Å². The van der Waals surface area contributed by atoms with Crippen LogP contribution >= 0.6 is 11.3 Å². The minimum Gasteiger partial charge on any atom is -0.350 e. The van der Waals surface area contributed by atoms with Crippen LogP contribution in [0.2, 0.25) is 0 Å². The van der Waals surface area contributed by atoms with Crippen molar-refractivity contribution in [1.29, 1.82) is 0 Å². The fourth-order valence-electron chi connectivity index (χ4n) is 2.30. The van der Waals surface area contributed by atoms with E-state index in [2.05, 4.69) is 15.6 Å². The number of nitrogens with zero attached hydrogens (tertiary/aromatic N) is 1. The van der Waals surface area contributed by atoms with Gasteiger partial charge in [0.15, 0.2) is 5.13 Å². The molecule has 104 valence electrons. The first-order valence-electron chi connectivity index (χ1n) is 6.66. The van der Waals surface area contributed by atoms with E-state index in [1.54, 1.807) is 5.38 Å². The molecule has 0 bridgehead atoms. The number of nitrogens with one attached hydrogen (secondary N) is 2. The Labute approximate surface area is 116 Å². The molecule has 6 heteroatoms. The van der Waals surface area contributed by atoms with Crippen LogP contribution < -0.4 is 10.6 Å². The second-order valence-electron chi connectivity index (χ2n) is 4.93. The van der Waals surface area contributed by atoms with Gasteiger partial charge in [-0.05, 0) is 18.8 Å². The zero-order valence-corrected chi connectivity index (χ0v) is 11.9. The van der Waals surface area contributed by atoms with Crippen LogP contribution in [-0.2, 0) is 4.79 Å². The Morgan fingerprint density at radius 3 is 2.79 bits per heavy atom. The number of aromatic nitrogens is 1. The molecule has 0 spiro atoms. The number of anilines is 1. The van der Waals surface area contributed by atoms with Crippen LogP contribution in [0.5, 0.6) is 0 Å². The van der Waals surface area contributed by atoms with Gasteiger partial charge in [-0.15, -0.1) is 11.3 Å². The van der Waals surface area contributed by atoms with E-state index in [1.165, 1.54) is 50.4 Å². The summed E-state index contributed by atoms with van der Waals surface area (Å²) in [6, 6.07) is 0. The van der Waals surface area contributed by atoms with Gasteiger partial charge in [0, 0.05) is 18.8 Å². The molecule has 2 rings (SSSR count). The lowest BCUT2D eigenvalue weighted by Gasteiger charge is -2.21. The molecule has 0 atom stereocenters. The lowest BCUT2D eigenvalue weighted by molar-refractivity contribution is -0.114. The first-order valence-corrected chi connectivity index (χ1v) is 7.54. The van der Waals surface area contributed by atoms with Crippen molar-refractivity contribution in [3.63, 3.8) is 0 Å². The second kappa shape index (κ2) is 6.65. The summed E-state index contributed by atoms with van der Waals surface area (Å²) in [6.07, 6.45) is 6.26. The van der Waals surface area contributed by atoms with Crippen LogP contribution in [-0.4, -0.2) is 23.3 Å². The first-order chi connectivity index (χ1) is 9.15. The second-order valence-corrected chi connectivity index (χ2v) is 5.79. The standard InChI is InChI=1S/C13H19N3O2S/c1-9(17)15-13-16-11(8-19-13)12(18)14-7-10-5-3-2-4-6-10/h8,10H,2-7H2,1H3,(H,14,18)(H,15,16,17). The van der Waals surface area contributed by atoms with Crippen molar-refractivity contribution < 1.29 is 9.59 Å². The third kappa shape index (κ3) is 4.31. The summed E-state index contributed by atoms with van der Waals surface area (Å²) in [4.78, 5) is 26.9. The Hall–Kier alpha value is -1.43. The van der Waals surface area contributed by atoms with Crippen LogP contribution in [0.25, 0.3) is 0 Å². The third-order valence-electron chi connectivity index (χ3n) is 3.30. The fourth-order valence-corrected chi connectivity index (χ4v) is 3.04. The molecular weight excluding hydrogens is 262 g/mol. The monoisotopic (exact) mass is 281 g/mol. The Morgan fingerprint density at radius 1 is 1.37 bits per heavy atom. The predicted molar refractivity (Wildman–Crippen MR) is 75.3 cm³/mol. The van der Waals surface area contributed by atoms with E-state index < -0.39 is 0 Å². The molecule has 0 aromatic carbocycles. The van der Waals surface area contributed by atoms with Crippen LogP contribution in [0.3, 0.4) is 0 Å². The Balaban J connectivity index is 1.81. The molecule has 0 radical (unpaired) electrons. The molecule has 1 fully saturated rings. The highest BCUT2D eigenvalue weighted by atomic mass is 32.1. The molecule has 1 aromatic rings. The van der Waals surface area contributed by atoms with E-state index in [4.69, 9.17) is 0 Å². The number of hydrogen-bond donors (Lipinski definition) is 2. The molecule has 2 N–H and O–H groups in total. The van der Waals surface area contributed by atoms with Gasteiger partial charge >= 0.3 is 0 Å². The SMILES string of the molecule is CC(=O)Nc1nc(C(=O)NCC2CCCCC2)cs1. The number of thiazole rings is 1. The fraction of sp³-hybridized carbons (Fsp3) is 0.615. The quantitative estimate of drug-likeness (QED) is 0.890. The number of carbonyl (C=O) groups is 2. The molecule has 1 aliphatic carbocycles. The molecule has 1 heterocycles. The van der Waals surface area contributed by atoms with Gasteiger partial charge in [0.1, 0.15) is 5.69 Å². The van der Waals surface area contributed by atoms with Gasteiger partial charge in [0.25, 0.3) is 5.91 Å². The lowest BCUT2D eigenvalue weighted by Crippen LogP contribution is -2.30. The summed E-state index contributed by atoms with van der Waals surface area (Å²) in [6.45, 7) is 2.15. The van der Waals surface area contributed by atoms with Crippen molar-refractivity contribution in [3.8, 4) is 0 Å². The Bertz CT molecular complexity index is 452. The zero-order valence-electron chi connectivity index (χ0n) is 11.1. The minimum absolute atomic E-state index is 0.154. The normalized spacial score (nSPS) is 16.1. The average Bonchev–Trinajstić information content (AvgIpc) is 2.85. The molecule has 1 aromatic heterocycles. The maximum Gasteiger partial charge on any atom is 0.270 e. The van der Waals surface area contributed by atoms with Crippen molar-refractivity contribution in [1.82, 2.24) is 10.3 Å². The van der Waals surface area contributed by atoms with Gasteiger partial charge < -0.3 is 10.6 Å². The molecule has 1 saturated carbocycles. The van der Waals surface area contributed by atoms with Crippen LogP contribution in [0.15, 0.2) is 5.38 Å². The number of rotatable bonds is 4. The number of carbonyl (C=O) groups excluding carboxylic acids is 2. The first kappa shape index (κ1) is 14.0. The van der Waals surface area contributed by atoms with E-state index in [9.17, 15) is 9.59 Å². The van der Waals surface area contributed by atoms with Crippen LogP contribution in [0, 0.1) is 5.92 Å². The maximum absolute atomic E-state index is 11.9. The van der Waals surface area contributed by atoms with Crippen molar-refractivity contribution in [3.05, 3.63) is 11.1 Å². The van der Waals surface area contributed by atoms with E-state index in [0.717, 1.165) is 6.54 Å². The predicted octanol–water partition coefficient (Wildman–Crippen LogP) is 2.41. The van der Waals surface area contributed by atoms with Gasteiger partial charge in [0.2, 0.25) is 5.91 Å². The Kier molecular flexibility index (Phi) is 4.90. The molecule has 1 aliphatic rings. The maximum atomic E-state index is 11.9. The summed E-state index contributed by atoms with van der Waals surface area (Å²) in [5, 5.41) is 7.64. The molecule has 0 saturated heterocycles. The van der Waals surface area contributed by atoms with Crippen LogP contribution in [0.1, 0.15) is 49.5 Å². The van der Waals surface area contributed by atoms with Gasteiger partial charge in [-0.2, -0.15) is 0 Å². The highest BCUT2D eigenvalue weighted by molar-refractivity contribution is 7.14. The third-order valence-corrected chi connectivity index (χ3v) is 4.05. The van der Waals surface area contributed by atoms with E-state index in [1.807, 2.05) is 0 Å². The van der Waals surface area contributed by atoms with Gasteiger partial charge in [0.05, 0.1) is 0 Å². The van der Waals surface area contributed by atoms with Crippen molar-refractivity contribution in [2.75, 3.05) is 11.9 Å². The van der Waals surface area contributed by atoms with Crippen molar-refractivity contribution in [2.24, 2.45) is 5.92 Å². The highest BCUT2D eigenvalue weighted by Gasteiger charge is 2.16. The van der Waals surface area contributed by atoms with Gasteiger partial charge in [-0.3, -0.25) is 9.59 Å². The summed E-state index contributed by atoms with van der Waals surface area (Å²) in [5.74, 6) is 0.271. The summed E-state index contributed by atoms with van der Waals surface area (Å²) in [7, 11) is 0. The summed E-state index contributed by atoms with van der Waals surface area (Å²) < 4.78 is 0.